The van der Waals surface area contributed by atoms with E-state index in [9.17, 15) is 14.9 Å². The van der Waals surface area contributed by atoms with Crippen molar-refractivity contribution in [2.45, 2.75) is 31.3 Å². The first kappa shape index (κ1) is 10.6. The molecule has 1 aliphatic rings. The Balaban J connectivity index is 2.48. The Morgan fingerprint density at radius 2 is 2.31 bits per heavy atom. The summed E-state index contributed by atoms with van der Waals surface area (Å²) in [6.45, 7) is -0.110. The Kier molecular flexibility index (Phi) is 3.79. The van der Waals surface area contributed by atoms with Gasteiger partial charge < -0.3 is 0 Å². The molecule has 4 nitrogen and oxygen atoms in total. The Hall–Kier alpha value is -0.500. The Morgan fingerprint density at radius 1 is 1.62 bits per heavy atom. The van der Waals surface area contributed by atoms with Gasteiger partial charge in [-0.25, -0.2) is 0 Å². The van der Waals surface area contributed by atoms with E-state index in [1.807, 2.05) is 0 Å². The summed E-state index contributed by atoms with van der Waals surface area (Å²) in [7, 11) is 2.43. The number of Topliss-reactive ketones (excluding diaryl/α,β-unsaturated/α-hetero) is 1. The van der Waals surface area contributed by atoms with Crippen molar-refractivity contribution in [3.05, 3.63) is 10.1 Å². The van der Waals surface area contributed by atoms with Gasteiger partial charge >= 0.3 is 0 Å². The molecule has 1 rings (SSSR count). The highest BCUT2D eigenvalue weighted by atomic mass is 31.0. The second-order valence-corrected chi connectivity index (χ2v) is 4.35. The van der Waals surface area contributed by atoms with Crippen LogP contribution < -0.4 is 0 Å². The Bertz CT molecular complexity index is 219. The molecule has 0 spiro atoms. The van der Waals surface area contributed by atoms with Crippen molar-refractivity contribution in [3.8, 4) is 0 Å². The fourth-order valence-corrected chi connectivity index (χ4v) is 2.34. The van der Waals surface area contributed by atoms with Gasteiger partial charge in [0.2, 0.25) is 6.54 Å². The van der Waals surface area contributed by atoms with Crippen LogP contribution in [0.15, 0.2) is 0 Å². The molecule has 0 bridgehead atoms. The lowest BCUT2D eigenvalue weighted by atomic mass is 9.85. The molecule has 0 aliphatic heterocycles. The minimum absolute atomic E-state index is 0.0934. The minimum Gasteiger partial charge on any atom is -0.299 e. The van der Waals surface area contributed by atoms with Crippen molar-refractivity contribution < 1.29 is 9.72 Å². The molecular weight excluding hydrogens is 189 g/mol. The van der Waals surface area contributed by atoms with E-state index in [-0.39, 0.29) is 28.8 Å². The van der Waals surface area contributed by atoms with Crippen molar-refractivity contribution in [2.75, 3.05) is 6.54 Å². The minimum atomic E-state index is -0.348. The summed E-state index contributed by atoms with van der Waals surface area (Å²) >= 11 is 0. The van der Waals surface area contributed by atoms with Gasteiger partial charge in [0.05, 0.1) is 0 Å². The average molecular weight is 203 g/mol. The molecule has 0 amide bonds. The summed E-state index contributed by atoms with van der Waals surface area (Å²) in [6, 6.07) is 0. The quantitative estimate of drug-likeness (QED) is 0.394. The molecule has 1 saturated carbocycles. The van der Waals surface area contributed by atoms with Gasteiger partial charge in [-0.3, -0.25) is 14.9 Å². The molecule has 3 atom stereocenters. The summed E-state index contributed by atoms with van der Waals surface area (Å²) in [5.74, 6) is 0.109. The number of ketones is 1. The lowest BCUT2D eigenvalue weighted by Crippen LogP contribution is -2.31. The number of carbonyl (C=O) groups is 1. The number of hydrogen-bond acceptors (Lipinski definition) is 3. The second kappa shape index (κ2) is 4.66. The van der Waals surface area contributed by atoms with E-state index < -0.39 is 0 Å². The molecule has 0 radical (unpaired) electrons. The highest BCUT2D eigenvalue weighted by molar-refractivity contribution is 7.17. The normalized spacial score (nSPS) is 25.6. The van der Waals surface area contributed by atoms with Crippen LogP contribution in [-0.4, -0.2) is 22.9 Å². The maximum absolute atomic E-state index is 11.4. The van der Waals surface area contributed by atoms with Gasteiger partial charge in [-0.2, -0.15) is 0 Å². The Morgan fingerprint density at radius 3 is 2.85 bits per heavy atom. The number of carbonyl (C=O) groups excluding carboxylic acids is 1. The molecule has 0 N–H and O–H groups in total. The van der Waals surface area contributed by atoms with E-state index in [1.54, 1.807) is 0 Å². The number of nitro groups is 1. The first-order valence-corrected chi connectivity index (χ1v) is 5.18. The molecular formula is C8H14NO3P. The fraction of sp³-hybridized carbons (Fsp3) is 0.875. The smallest absolute Gasteiger partial charge is 0.210 e. The molecule has 5 heteroatoms. The van der Waals surface area contributed by atoms with E-state index in [0.29, 0.717) is 6.42 Å². The van der Waals surface area contributed by atoms with Crippen LogP contribution in [0.4, 0.5) is 0 Å². The molecule has 0 aromatic carbocycles. The van der Waals surface area contributed by atoms with Crippen LogP contribution in [0, 0.1) is 16.0 Å². The van der Waals surface area contributed by atoms with Crippen LogP contribution in [0.25, 0.3) is 0 Å². The van der Waals surface area contributed by atoms with E-state index >= 15 is 0 Å². The molecule has 1 unspecified atom stereocenters. The van der Waals surface area contributed by atoms with E-state index in [2.05, 4.69) is 9.24 Å². The topological polar surface area (TPSA) is 60.2 Å². The molecule has 0 aromatic rings. The standard InChI is InChI=1S/C8H14NO3P/c10-7-4-2-1-3-6(7)8(13)5-9(11)12/h6,8H,1-5,13H2/t6-,8-/m1/s1. The van der Waals surface area contributed by atoms with Gasteiger partial charge in [-0.05, 0) is 12.8 Å². The highest BCUT2D eigenvalue weighted by Crippen LogP contribution is 2.27. The summed E-state index contributed by atoms with van der Waals surface area (Å²) in [5.41, 5.74) is -0.178. The van der Waals surface area contributed by atoms with Crippen LogP contribution in [0.5, 0.6) is 0 Å². The lowest BCUT2D eigenvalue weighted by Gasteiger charge is -2.23. The predicted molar refractivity (Wildman–Crippen MR) is 52.3 cm³/mol. The number of nitrogens with zero attached hydrogens (tertiary/aromatic N) is 1. The molecule has 0 saturated heterocycles. The van der Waals surface area contributed by atoms with Gasteiger partial charge in [0.15, 0.2) is 0 Å². The summed E-state index contributed by atoms with van der Waals surface area (Å²) in [5, 5.41) is 10.2. The van der Waals surface area contributed by atoms with Crippen molar-refractivity contribution in [1.82, 2.24) is 0 Å². The lowest BCUT2D eigenvalue weighted by molar-refractivity contribution is -0.480. The van der Waals surface area contributed by atoms with Crippen molar-refractivity contribution in [2.24, 2.45) is 5.92 Å². The van der Waals surface area contributed by atoms with Crippen molar-refractivity contribution in [3.63, 3.8) is 0 Å². The third-order valence-corrected chi connectivity index (χ3v) is 3.15. The maximum atomic E-state index is 11.4. The zero-order chi connectivity index (χ0) is 9.84. The summed E-state index contributed by atoms with van der Waals surface area (Å²) < 4.78 is 0. The van der Waals surface area contributed by atoms with Gasteiger partial charge in [0, 0.05) is 22.9 Å². The van der Waals surface area contributed by atoms with Gasteiger partial charge in [0.1, 0.15) is 5.78 Å². The van der Waals surface area contributed by atoms with E-state index in [4.69, 9.17) is 0 Å². The molecule has 74 valence electrons. The largest absolute Gasteiger partial charge is 0.299 e. The van der Waals surface area contributed by atoms with Crippen molar-refractivity contribution >= 4 is 15.0 Å². The highest BCUT2D eigenvalue weighted by Gasteiger charge is 2.30. The predicted octanol–water partition coefficient (Wildman–Crippen LogP) is 1.27. The van der Waals surface area contributed by atoms with Gasteiger partial charge in [-0.1, -0.05) is 6.42 Å². The zero-order valence-corrected chi connectivity index (χ0v) is 8.59. The maximum Gasteiger partial charge on any atom is 0.210 e. The molecule has 0 heterocycles. The number of rotatable bonds is 3. The Labute approximate surface area is 79.4 Å². The van der Waals surface area contributed by atoms with E-state index in [1.165, 1.54) is 0 Å². The average Bonchev–Trinajstić information content (AvgIpc) is 2.03. The van der Waals surface area contributed by atoms with Crippen LogP contribution in [0.2, 0.25) is 0 Å². The summed E-state index contributed by atoms with van der Waals surface area (Å²) in [6.07, 6.45) is 3.40. The van der Waals surface area contributed by atoms with Crippen molar-refractivity contribution in [1.29, 1.82) is 0 Å². The molecule has 1 aliphatic carbocycles. The van der Waals surface area contributed by atoms with Crippen LogP contribution in [0.1, 0.15) is 25.7 Å². The second-order valence-electron chi connectivity index (χ2n) is 3.50. The third kappa shape index (κ3) is 3.03. The summed E-state index contributed by atoms with van der Waals surface area (Å²) in [4.78, 5) is 21.3. The molecule has 0 aromatic heterocycles. The first-order valence-electron chi connectivity index (χ1n) is 4.51. The van der Waals surface area contributed by atoms with Gasteiger partial charge in [-0.15, -0.1) is 9.24 Å². The fourth-order valence-electron chi connectivity index (χ4n) is 1.76. The van der Waals surface area contributed by atoms with Gasteiger partial charge in [0.25, 0.3) is 0 Å². The van der Waals surface area contributed by atoms with Crippen LogP contribution in [-0.2, 0) is 4.79 Å². The monoisotopic (exact) mass is 203 g/mol. The van der Waals surface area contributed by atoms with E-state index in [0.717, 1.165) is 19.3 Å². The van der Waals surface area contributed by atoms with Crippen LogP contribution in [0.3, 0.4) is 0 Å². The third-order valence-electron chi connectivity index (χ3n) is 2.48. The zero-order valence-electron chi connectivity index (χ0n) is 7.44. The first-order chi connectivity index (χ1) is 6.11. The molecule has 13 heavy (non-hydrogen) atoms. The van der Waals surface area contributed by atoms with Crippen LogP contribution >= 0.6 is 9.24 Å². The number of hydrogen-bond donors (Lipinski definition) is 0. The molecule has 1 fully saturated rings. The SMILES string of the molecule is O=C1CCCC[C@H]1[C@H](P)C[N+](=O)[O-].